The number of hydrogen-bond donors (Lipinski definition) is 1. The summed E-state index contributed by atoms with van der Waals surface area (Å²) >= 11 is 5.97. The van der Waals surface area contributed by atoms with E-state index in [2.05, 4.69) is 5.32 Å². The van der Waals surface area contributed by atoms with Gasteiger partial charge >= 0.3 is 0 Å². The van der Waals surface area contributed by atoms with Gasteiger partial charge in [-0.05, 0) is 56.5 Å². The van der Waals surface area contributed by atoms with Gasteiger partial charge in [-0.1, -0.05) is 48.9 Å². The Labute approximate surface area is 178 Å². The Bertz CT molecular complexity index is 840. The maximum Gasteiger partial charge on any atom is 0.261 e. The molecule has 2 atom stereocenters. The minimum absolute atomic E-state index is 0.0445. The van der Waals surface area contributed by atoms with Crippen molar-refractivity contribution in [3.8, 4) is 5.75 Å². The zero-order chi connectivity index (χ0) is 21.4. The zero-order valence-corrected chi connectivity index (χ0v) is 18.2. The van der Waals surface area contributed by atoms with Crippen LogP contribution in [0.25, 0.3) is 0 Å². The van der Waals surface area contributed by atoms with Gasteiger partial charge in [0.2, 0.25) is 5.91 Å². The number of benzene rings is 2. The molecule has 0 saturated heterocycles. The van der Waals surface area contributed by atoms with Gasteiger partial charge in [-0.25, -0.2) is 0 Å². The molecule has 2 rings (SSSR count). The van der Waals surface area contributed by atoms with Crippen molar-refractivity contribution in [1.29, 1.82) is 0 Å². The quantitative estimate of drug-likeness (QED) is 0.660. The van der Waals surface area contributed by atoms with Gasteiger partial charge in [-0.3, -0.25) is 9.59 Å². The predicted octanol–water partition coefficient (Wildman–Crippen LogP) is 4.36. The number of halogens is 1. The summed E-state index contributed by atoms with van der Waals surface area (Å²) in [7, 11) is 0. The number of carbonyl (C=O) groups is 2. The van der Waals surface area contributed by atoms with Crippen LogP contribution in [0.15, 0.2) is 48.5 Å². The Hall–Kier alpha value is -2.53. The van der Waals surface area contributed by atoms with E-state index < -0.39 is 6.04 Å². The van der Waals surface area contributed by atoms with Gasteiger partial charge in [0.15, 0.2) is 6.61 Å². The number of carbonyl (C=O) groups excluding carboxylic acids is 2. The van der Waals surface area contributed by atoms with Crippen molar-refractivity contribution in [3.63, 3.8) is 0 Å². The maximum absolute atomic E-state index is 13.0. The molecule has 29 heavy (non-hydrogen) atoms. The average Bonchev–Trinajstić information content (AvgIpc) is 2.70. The lowest BCUT2D eigenvalue weighted by Gasteiger charge is -2.30. The van der Waals surface area contributed by atoms with Gasteiger partial charge in [-0.2, -0.15) is 0 Å². The molecule has 0 radical (unpaired) electrons. The van der Waals surface area contributed by atoms with E-state index in [1.54, 1.807) is 36.1 Å². The summed E-state index contributed by atoms with van der Waals surface area (Å²) in [4.78, 5) is 27.3. The normalized spacial score (nSPS) is 12.7. The lowest BCUT2D eigenvalue weighted by atomic mass is 10.1. The van der Waals surface area contributed by atoms with Crippen molar-refractivity contribution in [1.82, 2.24) is 10.2 Å². The molecule has 0 aliphatic rings. The van der Waals surface area contributed by atoms with Crippen molar-refractivity contribution in [2.24, 2.45) is 0 Å². The molecule has 0 aliphatic heterocycles. The van der Waals surface area contributed by atoms with Crippen LogP contribution in [0.5, 0.6) is 5.75 Å². The summed E-state index contributed by atoms with van der Waals surface area (Å²) in [6, 6.07) is 14.1. The molecule has 0 heterocycles. The Balaban J connectivity index is 2.17. The average molecular weight is 417 g/mol. The summed E-state index contributed by atoms with van der Waals surface area (Å²) in [5.74, 6) is 0.0717. The molecule has 0 aliphatic carbocycles. The molecule has 2 aromatic carbocycles. The Morgan fingerprint density at radius 3 is 2.52 bits per heavy atom. The molecule has 0 bridgehead atoms. The van der Waals surface area contributed by atoms with Crippen LogP contribution >= 0.6 is 11.6 Å². The molecule has 0 aromatic heterocycles. The van der Waals surface area contributed by atoms with Crippen LogP contribution in [0, 0.1) is 6.92 Å². The standard InChI is InChI=1S/C23H29ClN2O3/c1-5-17(3)25-23(28)18(4)26(14-19-10-7-6-9-16(19)2)22(27)15-29-21-12-8-11-20(24)13-21/h6-13,17-18H,5,14-15H2,1-4H3,(H,25,28)/t17-,18-/m1/s1. The molecule has 156 valence electrons. The summed E-state index contributed by atoms with van der Waals surface area (Å²) in [5, 5.41) is 3.49. The SMILES string of the molecule is CC[C@@H](C)NC(=O)[C@@H](C)N(Cc1ccccc1C)C(=O)COc1cccc(Cl)c1. The third kappa shape index (κ3) is 6.79. The van der Waals surface area contributed by atoms with Crippen LogP contribution in [0.2, 0.25) is 5.02 Å². The number of ether oxygens (including phenoxy) is 1. The molecular weight excluding hydrogens is 388 g/mol. The summed E-state index contributed by atoms with van der Waals surface area (Å²) < 4.78 is 5.62. The lowest BCUT2D eigenvalue weighted by Crippen LogP contribution is -2.50. The lowest BCUT2D eigenvalue weighted by molar-refractivity contribution is -0.142. The number of rotatable bonds is 9. The van der Waals surface area contributed by atoms with Crippen molar-refractivity contribution >= 4 is 23.4 Å². The first-order valence-electron chi connectivity index (χ1n) is 9.84. The molecular formula is C23H29ClN2O3. The summed E-state index contributed by atoms with van der Waals surface area (Å²) in [5.41, 5.74) is 2.06. The highest BCUT2D eigenvalue weighted by atomic mass is 35.5. The van der Waals surface area contributed by atoms with Crippen LogP contribution in [0.4, 0.5) is 0 Å². The first-order valence-corrected chi connectivity index (χ1v) is 10.2. The molecule has 2 aromatic rings. The summed E-state index contributed by atoms with van der Waals surface area (Å²) in [6.07, 6.45) is 0.822. The van der Waals surface area contributed by atoms with Crippen LogP contribution in [-0.4, -0.2) is 35.4 Å². The third-order valence-electron chi connectivity index (χ3n) is 4.93. The first kappa shape index (κ1) is 22.8. The van der Waals surface area contributed by atoms with Gasteiger partial charge < -0.3 is 15.0 Å². The van der Waals surface area contributed by atoms with Gasteiger partial charge in [0.1, 0.15) is 11.8 Å². The number of hydrogen-bond acceptors (Lipinski definition) is 3. The van der Waals surface area contributed by atoms with E-state index in [1.165, 1.54) is 0 Å². The Kier molecular flexibility index (Phi) is 8.52. The van der Waals surface area contributed by atoms with Crippen LogP contribution < -0.4 is 10.1 Å². The minimum Gasteiger partial charge on any atom is -0.484 e. The van der Waals surface area contributed by atoms with E-state index in [4.69, 9.17) is 16.3 Å². The van der Waals surface area contributed by atoms with Crippen LogP contribution in [-0.2, 0) is 16.1 Å². The van der Waals surface area contributed by atoms with Crippen molar-refractivity contribution in [2.75, 3.05) is 6.61 Å². The molecule has 0 fully saturated rings. The van der Waals surface area contributed by atoms with Crippen molar-refractivity contribution in [3.05, 3.63) is 64.7 Å². The second-order valence-electron chi connectivity index (χ2n) is 7.19. The highest BCUT2D eigenvalue weighted by molar-refractivity contribution is 6.30. The van der Waals surface area contributed by atoms with Gasteiger partial charge in [-0.15, -0.1) is 0 Å². The smallest absolute Gasteiger partial charge is 0.261 e. The second-order valence-corrected chi connectivity index (χ2v) is 7.62. The van der Waals surface area contributed by atoms with E-state index in [1.807, 2.05) is 45.0 Å². The van der Waals surface area contributed by atoms with E-state index in [0.29, 0.717) is 17.3 Å². The topological polar surface area (TPSA) is 58.6 Å². The second kappa shape index (κ2) is 10.9. The summed E-state index contributed by atoms with van der Waals surface area (Å²) in [6.45, 7) is 7.84. The fraction of sp³-hybridized carbons (Fsp3) is 0.391. The third-order valence-corrected chi connectivity index (χ3v) is 5.16. The number of amides is 2. The van der Waals surface area contributed by atoms with Crippen molar-refractivity contribution < 1.29 is 14.3 Å². The van der Waals surface area contributed by atoms with Gasteiger partial charge in [0.05, 0.1) is 0 Å². The fourth-order valence-electron chi connectivity index (χ4n) is 2.80. The maximum atomic E-state index is 13.0. The van der Waals surface area contributed by atoms with E-state index in [0.717, 1.165) is 17.5 Å². The molecule has 0 spiro atoms. The van der Waals surface area contributed by atoms with Gasteiger partial charge in [0.25, 0.3) is 5.91 Å². The number of aryl methyl sites for hydroxylation is 1. The van der Waals surface area contributed by atoms with E-state index >= 15 is 0 Å². The van der Waals surface area contributed by atoms with E-state index in [-0.39, 0.29) is 24.5 Å². The monoisotopic (exact) mass is 416 g/mol. The Morgan fingerprint density at radius 1 is 1.14 bits per heavy atom. The Morgan fingerprint density at radius 2 is 1.86 bits per heavy atom. The highest BCUT2D eigenvalue weighted by Crippen LogP contribution is 2.18. The predicted molar refractivity (Wildman–Crippen MR) is 116 cm³/mol. The minimum atomic E-state index is -0.626. The molecule has 5 nitrogen and oxygen atoms in total. The van der Waals surface area contributed by atoms with Crippen LogP contribution in [0.3, 0.4) is 0 Å². The first-order chi connectivity index (χ1) is 13.8. The van der Waals surface area contributed by atoms with Crippen molar-refractivity contribution in [2.45, 2.75) is 52.7 Å². The van der Waals surface area contributed by atoms with Gasteiger partial charge in [0, 0.05) is 17.6 Å². The van der Waals surface area contributed by atoms with E-state index in [9.17, 15) is 9.59 Å². The highest BCUT2D eigenvalue weighted by Gasteiger charge is 2.27. The molecule has 0 saturated carbocycles. The fourth-order valence-corrected chi connectivity index (χ4v) is 2.98. The number of nitrogens with one attached hydrogen (secondary N) is 1. The molecule has 6 heteroatoms. The molecule has 2 amide bonds. The zero-order valence-electron chi connectivity index (χ0n) is 17.4. The number of nitrogens with zero attached hydrogens (tertiary/aromatic N) is 1. The van der Waals surface area contributed by atoms with Crippen LogP contribution in [0.1, 0.15) is 38.3 Å². The molecule has 0 unspecified atom stereocenters. The largest absolute Gasteiger partial charge is 0.484 e. The molecule has 1 N–H and O–H groups in total.